The highest BCUT2D eigenvalue weighted by molar-refractivity contribution is 7.92. The maximum absolute atomic E-state index is 13.2. The first-order valence-electron chi connectivity index (χ1n) is 10.6. The van der Waals surface area contributed by atoms with Crippen LogP contribution in [0.4, 0.5) is 10.1 Å². The molecule has 0 unspecified atom stereocenters. The minimum atomic E-state index is -3.63. The largest absolute Gasteiger partial charge is 0.357 e. The summed E-state index contributed by atoms with van der Waals surface area (Å²) in [6, 6.07) is 11.5. The third-order valence-electron chi connectivity index (χ3n) is 5.17. The molecule has 0 aromatic heterocycles. The second-order valence-electron chi connectivity index (χ2n) is 7.60. The van der Waals surface area contributed by atoms with E-state index in [1.54, 1.807) is 24.3 Å². The third kappa shape index (κ3) is 7.71. The Labute approximate surface area is 199 Å². The van der Waals surface area contributed by atoms with E-state index in [4.69, 9.17) is 11.6 Å². The normalized spacial score (nSPS) is 12.2. The molecular formula is C23H29ClFN3O4S. The average molecular weight is 498 g/mol. The van der Waals surface area contributed by atoms with E-state index in [-0.39, 0.29) is 37.7 Å². The van der Waals surface area contributed by atoms with Crippen LogP contribution < -0.4 is 9.62 Å². The van der Waals surface area contributed by atoms with Gasteiger partial charge in [0.25, 0.3) is 0 Å². The Balaban J connectivity index is 2.17. The SMILES string of the molecule is CC[C@@H](C(=O)NC)N(Cc1ccc(Cl)cc1)C(=O)CCCN(c1ccc(F)cc1)S(C)(=O)=O. The van der Waals surface area contributed by atoms with Gasteiger partial charge in [-0.1, -0.05) is 30.7 Å². The second kappa shape index (κ2) is 12.0. The number of hydrogen-bond acceptors (Lipinski definition) is 4. The van der Waals surface area contributed by atoms with Crippen LogP contribution in [0.5, 0.6) is 0 Å². The summed E-state index contributed by atoms with van der Waals surface area (Å²) < 4.78 is 38.9. The van der Waals surface area contributed by atoms with Gasteiger partial charge in [-0.3, -0.25) is 13.9 Å². The van der Waals surface area contributed by atoms with Gasteiger partial charge in [0.1, 0.15) is 11.9 Å². The predicted molar refractivity (Wildman–Crippen MR) is 128 cm³/mol. The Morgan fingerprint density at radius 3 is 2.21 bits per heavy atom. The molecule has 7 nitrogen and oxygen atoms in total. The molecule has 10 heteroatoms. The van der Waals surface area contributed by atoms with E-state index in [9.17, 15) is 22.4 Å². The highest BCUT2D eigenvalue weighted by Crippen LogP contribution is 2.20. The molecule has 0 heterocycles. The van der Waals surface area contributed by atoms with E-state index < -0.39 is 21.9 Å². The molecular weight excluding hydrogens is 469 g/mol. The first kappa shape index (κ1) is 26.6. The molecule has 2 amide bonds. The maximum atomic E-state index is 13.2. The van der Waals surface area contributed by atoms with E-state index in [0.717, 1.165) is 16.1 Å². The van der Waals surface area contributed by atoms with Gasteiger partial charge in [0.2, 0.25) is 21.8 Å². The van der Waals surface area contributed by atoms with E-state index in [1.165, 1.54) is 36.2 Å². The third-order valence-corrected chi connectivity index (χ3v) is 6.61. The molecule has 1 atom stereocenters. The maximum Gasteiger partial charge on any atom is 0.242 e. The number of nitrogens with one attached hydrogen (secondary N) is 1. The van der Waals surface area contributed by atoms with Crippen molar-refractivity contribution in [3.05, 3.63) is 64.9 Å². The van der Waals surface area contributed by atoms with Crippen LogP contribution in [0.3, 0.4) is 0 Å². The molecule has 0 saturated carbocycles. The smallest absolute Gasteiger partial charge is 0.242 e. The Morgan fingerprint density at radius 2 is 1.70 bits per heavy atom. The Bertz CT molecular complexity index is 1050. The molecule has 0 saturated heterocycles. The standard InChI is InChI=1S/C23H29ClFN3O4S/c1-4-21(23(30)26-2)27(16-17-7-9-18(24)10-8-17)22(29)6-5-15-28(33(3,31)32)20-13-11-19(25)12-14-20/h7-14,21H,4-6,15-16H2,1-3H3,(H,26,30)/t21-/m0/s1. The summed E-state index contributed by atoms with van der Waals surface area (Å²) in [7, 11) is -2.11. The number of halogens is 2. The summed E-state index contributed by atoms with van der Waals surface area (Å²) in [5.41, 5.74) is 1.14. The molecule has 1 N–H and O–H groups in total. The zero-order valence-electron chi connectivity index (χ0n) is 18.9. The zero-order chi connectivity index (χ0) is 24.6. The molecule has 0 fully saturated rings. The predicted octanol–water partition coefficient (Wildman–Crippen LogP) is 3.58. The average Bonchev–Trinajstić information content (AvgIpc) is 2.77. The highest BCUT2D eigenvalue weighted by atomic mass is 35.5. The van der Waals surface area contributed by atoms with Gasteiger partial charge in [-0.25, -0.2) is 12.8 Å². The van der Waals surface area contributed by atoms with Crippen molar-refractivity contribution >= 4 is 39.1 Å². The fourth-order valence-electron chi connectivity index (χ4n) is 3.48. The first-order chi connectivity index (χ1) is 15.6. The van der Waals surface area contributed by atoms with Gasteiger partial charge in [0.05, 0.1) is 11.9 Å². The van der Waals surface area contributed by atoms with Crippen molar-refractivity contribution in [2.75, 3.05) is 24.2 Å². The lowest BCUT2D eigenvalue weighted by molar-refractivity contribution is -0.141. The van der Waals surface area contributed by atoms with Gasteiger partial charge in [-0.05, 0) is 54.8 Å². The second-order valence-corrected chi connectivity index (χ2v) is 9.94. The highest BCUT2D eigenvalue weighted by Gasteiger charge is 2.28. The van der Waals surface area contributed by atoms with Crippen LogP contribution in [0.15, 0.2) is 48.5 Å². The topological polar surface area (TPSA) is 86.8 Å². The van der Waals surface area contributed by atoms with Crippen LogP contribution in [-0.2, 0) is 26.2 Å². The molecule has 2 rings (SSSR count). The van der Waals surface area contributed by atoms with E-state index in [2.05, 4.69) is 5.32 Å². The van der Waals surface area contributed by atoms with Crippen LogP contribution in [0.1, 0.15) is 31.7 Å². The lowest BCUT2D eigenvalue weighted by Crippen LogP contribution is -2.48. The number of sulfonamides is 1. The van der Waals surface area contributed by atoms with Crippen LogP contribution in [0, 0.1) is 5.82 Å². The van der Waals surface area contributed by atoms with Crippen LogP contribution in [0.2, 0.25) is 5.02 Å². The quantitative estimate of drug-likeness (QED) is 0.514. The number of hydrogen-bond donors (Lipinski definition) is 1. The summed E-state index contributed by atoms with van der Waals surface area (Å²) in [5.74, 6) is -1.02. The van der Waals surface area contributed by atoms with Crippen molar-refractivity contribution in [3.63, 3.8) is 0 Å². The fourth-order valence-corrected chi connectivity index (χ4v) is 4.58. The number of rotatable bonds is 11. The van der Waals surface area contributed by atoms with Crippen LogP contribution >= 0.6 is 11.6 Å². The minimum Gasteiger partial charge on any atom is -0.357 e. The summed E-state index contributed by atoms with van der Waals surface area (Å²) in [5, 5.41) is 3.16. The van der Waals surface area contributed by atoms with Crippen molar-refractivity contribution in [1.29, 1.82) is 0 Å². The zero-order valence-corrected chi connectivity index (χ0v) is 20.5. The number of anilines is 1. The molecule has 0 radical (unpaired) electrons. The molecule has 180 valence electrons. The van der Waals surface area contributed by atoms with Gasteiger partial charge >= 0.3 is 0 Å². The minimum absolute atomic E-state index is 0.0360. The summed E-state index contributed by atoms with van der Waals surface area (Å²) in [6.07, 6.45) is 1.74. The number of carbonyl (C=O) groups excluding carboxylic acids is 2. The number of benzene rings is 2. The Kier molecular flexibility index (Phi) is 9.67. The van der Waals surface area contributed by atoms with Crippen molar-refractivity contribution in [2.45, 2.75) is 38.8 Å². The number of nitrogens with zero attached hydrogens (tertiary/aromatic N) is 2. The monoisotopic (exact) mass is 497 g/mol. The van der Waals surface area contributed by atoms with Crippen molar-refractivity contribution in [3.8, 4) is 0 Å². The number of likely N-dealkylation sites (N-methyl/N-ethyl adjacent to an activating group) is 1. The van der Waals surface area contributed by atoms with Gasteiger partial charge in [0.15, 0.2) is 0 Å². The fraction of sp³-hybridized carbons (Fsp3) is 0.391. The molecule has 0 aliphatic rings. The van der Waals surface area contributed by atoms with Crippen molar-refractivity contribution < 1.29 is 22.4 Å². The van der Waals surface area contributed by atoms with Gasteiger partial charge in [-0.15, -0.1) is 0 Å². The lowest BCUT2D eigenvalue weighted by Gasteiger charge is -2.30. The summed E-state index contributed by atoms with van der Waals surface area (Å²) in [4.78, 5) is 27.1. The lowest BCUT2D eigenvalue weighted by atomic mass is 10.1. The van der Waals surface area contributed by atoms with E-state index in [0.29, 0.717) is 17.1 Å². The Hall–Kier alpha value is -2.65. The van der Waals surface area contributed by atoms with Crippen molar-refractivity contribution in [1.82, 2.24) is 10.2 Å². The number of amides is 2. The van der Waals surface area contributed by atoms with E-state index in [1.807, 2.05) is 6.92 Å². The summed E-state index contributed by atoms with van der Waals surface area (Å²) >= 11 is 5.95. The first-order valence-corrected chi connectivity index (χ1v) is 12.8. The number of carbonyl (C=O) groups is 2. The van der Waals surface area contributed by atoms with E-state index >= 15 is 0 Å². The van der Waals surface area contributed by atoms with Crippen LogP contribution in [-0.4, -0.2) is 51.0 Å². The molecule has 0 aliphatic heterocycles. The molecule has 33 heavy (non-hydrogen) atoms. The molecule has 0 spiro atoms. The van der Waals surface area contributed by atoms with Gasteiger partial charge < -0.3 is 10.2 Å². The van der Waals surface area contributed by atoms with Gasteiger partial charge in [0, 0.05) is 31.6 Å². The van der Waals surface area contributed by atoms with Crippen LogP contribution in [0.25, 0.3) is 0 Å². The van der Waals surface area contributed by atoms with Gasteiger partial charge in [-0.2, -0.15) is 0 Å². The molecule has 0 bridgehead atoms. The molecule has 0 aliphatic carbocycles. The summed E-state index contributed by atoms with van der Waals surface area (Å²) in [6.45, 7) is 2.08. The molecule has 2 aromatic carbocycles. The van der Waals surface area contributed by atoms with Crippen molar-refractivity contribution in [2.24, 2.45) is 0 Å². The Morgan fingerprint density at radius 1 is 1.09 bits per heavy atom. The molecule has 2 aromatic rings.